The lowest BCUT2D eigenvalue weighted by molar-refractivity contribution is 0.756. The monoisotopic (exact) mass is 357 g/mol. The molecule has 0 aliphatic heterocycles. The number of nitrogens with two attached hydrogens (primary N) is 1. The number of rotatable bonds is 3. The molecule has 0 saturated carbocycles. The van der Waals surface area contributed by atoms with Gasteiger partial charge in [-0.2, -0.15) is 5.10 Å². The van der Waals surface area contributed by atoms with Crippen molar-refractivity contribution in [1.82, 2.24) is 19.7 Å². The molecule has 0 amide bonds. The van der Waals surface area contributed by atoms with Gasteiger partial charge in [0.1, 0.15) is 5.82 Å². The van der Waals surface area contributed by atoms with Gasteiger partial charge in [-0.1, -0.05) is 13.3 Å². The van der Waals surface area contributed by atoms with Crippen molar-refractivity contribution >= 4 is 28.4 Å². The van der Waals surface area contributed by atoms with Gasteiger partial charge in [-0.25, -0.2) is 9.97 Å². The van der Waals surface area contributed by atoms with Crippen LogP contribution in [0.3, 0.4) is 0 Å². The van der Waals surface area contributed by atoms with Crippen LogP contribution >= 0.6 is 22.6 Å². The molecule has 2 aromatic rings. The first-order valence-corrected chi connectivity index (χ1v) is 6.93. The zero-order valence-corrected chi connectivity index (χ0v) is 12.9. The van der Waals surface area contributed by atoms with Crippen molar-refractivity contribution in [3.8, 4) is 11.4 Å². The fourth-order valence-electron chi connectivity index (χ4n) is 1.85. The van der Waals surface area contributed by atoms with E-state index in [0.717, 1.165) is 33.4 Å². The molecular weight excluding hydrogens is 341 g/mol. The van der Waals surface area contributed by atoms with Gasteiger partial charge in [-0.3, -0.25) is 4.68 Å². The Balaban J connectivity index is 2.55. The number of aromatic nitrogens is 4. The van der Waals surface area contributed by atoms with Crippen LogP contribution in [-0.4, -0.2) is 19.7 Å². The minimum Gasteiger partial charge on any atom is -0.383 e. The smallest absolute Gasteiger partial charge is 0.165 e. The topological polar surface area (TPSA) is 69.6 Å². The molecule has 2 heterocycles. The highest BCUT2D eigenvalue weighted by Crippen LogP contribution is 2.24. The van der Waals surface area contributed by atoms with Crippen molar-refractivity contribution in [2.24, 2.45) is 7.05 Å². The molecule has 0 fully saturated rings. The molecule has 2 aromatic heterocycles. The second-order valence-corrected chi connectivity index (χ2v) is 5.32. The van der Waals surface area contributed by atoms with Gasteiger partial charge in [0.2, 0.25) is 0 Å². The van der Waals surface area contributed by atoms with Crippen LogP contribution in [0.4, 0.5) is 5.82 Å². The molecule has 0 unspecified atom stereocenters. The van der Waals surface area contributed by atoms with E-state index >= 15 is 0 Å². The fraction of sp³-hybridized carbons (Fsp3) is 0.417. The van der Waals surface area contributed by atoms with Crippen LogP contribution in [0.25, 0.3) is 11.4 Å². The Hall–Kier alpha value is -1.18. The summed E-state index contributed by atoms with van der Waals surface area (Å²) in [4.78, 5) is 8.98. The lowest BCUT2D eigenvalue weighted by atomic mass is 10.2. The second-order valence-electron chi connectivity index (χ2n) is 4.24. The first kappa shape index (κ1) is 13.3. The van der Waals surface area contributed by atoms with Crippen molar-refractivity contribution in [3.05, 3.63) is 21.2 Å². The molecule has 2 rings (SSSR count). The van der Waals surface area contributed by atoms with Crippen molar-refractivity contribution in [3.63, 3.8) is 0 Å². The van der Waals surface area contributed by atoms with E-state index in [2.05, 4.69) is 44.6 Å². The SMILES string of the molecule is CCCc1nc(-c2cn(C)nc2C)nc(N)c1I. The summed E-state index contributed by atoms with van der Waals surface area (Å²) in [6.07, 6.45) is 3.88. The van der Waals surface area contributed by atoms with Gasteiger partial charge in [0.05, 0.1) is 20.5 Å². The zero-order chi connectivity index (χ0) is 13.3. The molecule has 0 aliphatic carbocycles. The summed E-state index contributed by atoms with van der Waals surface area (Å²) < 4.78 is 2.72. The normalized spacial score (nSPS) is 10.9. The predicted octanol–water partition coefficient (Wildman–Crippen LogP) is 2.32. The highest BCUT2D eigenvalue weighted by molar-refractivity contribution is 14.1. The number of halogens is 1. The van der Waals surface area contributed by atoms with Crippen molar-refractivity contribution in [2.75, 3.05) is 5.73 Å². The number of nitrogens with zero attached hydrogens (tertiary/aromatic N) is 4. The molecule has 0 aliphatic rings. The quantitative estimate of drug-likeness (QED) is 0.856. The minimum absolute atomic E-state index is 0.548. The molecule has 0 spiro atoms. The Kier molecular flexibility index (Phi) is 3.84. The molecule has 0 aromatic carbocycles. The molecule has 0 radical (unpaired) electrons. The van der Waals surface area contributed by atoms with Gasteiger partial charge in [0, 0.05) is 13.2 Å². The van der Waals surface area contributed by atoms with Gasteiger partial charge in [0.25, 0.3) is 0 Å². The Morgan fingerprint density at radius 3 is 2.67 bits per heavy atom. The highest BCUT2D eigenvalue weighted by Gasteiger charge is 2.14. The van der Waals surface area contributed by atoms with E-state index < -0.39 is 0 Å². The Morgan fingerprint density at radius 2 is 2.11 bits per heavy atom. The van der Waals surface area contributed by atoms with E-state index in [9.17, 15) is 0 Å². The molecule has 18 heavy (non-hydrogen) atoms. The molecular formula is C12H16IN5. The van der Waals surface area contributed by atoms with Gasteiger partial charge in [0.15, 0.2) is 5.82 Å². The van der Waals surface area contributed by atoms with E-state index in [4.69, 9.17) is 5.73 Å². The number of hydrogen-bond donors (Lipinski definition) is 1. The minimum atomic E-state index is 0.548. The number of anilines is 1. The maximum Gasteiger partial charge on any atom is 0.165 e. The Labute approximate surface area is 120 Å². The maximum atomic E-state index is 5.96. The number of nitrogen functional groups attached to an aromatic ring is 1. The van der Waals surface area contributed by atoms with Gasteiger partial charge >= 0.3 is 0 Å². The molecule has 0 atom stereocenters. The molecule has 6 heteroatoms. The lowest BCUT2D eigenvalue weighted by Crippen LogP contribution is -2.05. The largest absolute Gasteiger partial charge is 0.383 e. The van der Waals surface area contributed by atoms with Crippen LogP contribution in [-0.2, 0) is 13.5 Å². The summed E-state index contributed by atoms with van der Waals surface area (Å²) in [5.74, 6) is 1.22. The molecule has 0 saturated heterocycles. The number of aryl methyl sites for hydroxylation is 3. The third-order valence-corrected chi connectivity index (χ3v) is 3.86. The van der Waals surface area contributed by atoms with Gasteiger partial charge in [-0.05, 0) is 35.9 Å². The summed E-state index contributed by atoms with van der Waals surface area (Å²) in [5.41, 5.74) is 8.84. The zero-order valence-electron chi connectivity index (χ0n) is 10.7. The average Bonchev–Trinajstić information content (AvgIpc) is 2.64. The predicted molar refractivity (Wildman–Crippen MR) is 80.1 cm³/mol. The van der Waals surface area contributed by atoms with Crippen LogP contribution in [0.1, 0.15) is 24.7 Å². The fourth-order valence-corrected chi connectivity index (χ4v) is 2.37. The van der Waals surface area contributed by atoms with Crippen molar-refractivity contribution in [1.29, 1.82) is 0 Å². The van der Waals surface area contributed by atoms with E-state index in [0.29, 0.717) is 11.6 Å². The van der Waals surface area contributed by atoms with E-state index in [1.54, 1.807) is 4.68 Å². The molecule has 96 valence electrons. The van der Waals surface area contributed by atoms with Crippen LogP contribution < -0.4 is 5.73 Å². The summed E-state index contributed by atoms with van der Waals surface area (Å²) in [6.45, 7) is 4.08. The van der Waals surface area contributed by atoms with E-state index in [-0.39, 0.29) is 0 Å². The lowest BCUT2D eigenvalue weighted by Gasteiger charge is -2.07. The first-order chi connectivity index (χ1) is 8.52. The molecule has 2 N–H and O–H groups in total. The van der Waals surface area contributed by atoms with Crippen LogP contribution in [0.15, 0.2) is 6.20 Å². The number of hydrogen-bond acceptors (Lipinski definition) is 4. The van der Waals surface area contributed by atoms with Crippen LogP contribution in [0, 0.1) is 10.5 Å². The summed E-state index contributed by atoms with van der Waals surface area (Å²) in [5, 5.41) is 4.31. The van der Waals surface area contributed by atoms with E-state index in [1.807, 2.05) is 20.2 Å². The summed E-state index contributed by atoms with van der Waals surface area (Å²) in [7, 11) is 1.89. The third kappa shape index (κ3) is 2.47. The highest BCUT2D eigenvalue weighted by atomic mass is 127. The first-order valence-electron chi connectivity index (χ1n) is 5.85. The average molecular weight is 357 g/mol. The summed E-state index contributed by atoms with van der Waals surface area (Å²) >= 11 is 2.21. The van der Waals surface area contributed by atoms with Crippen LogP contribution in [0.2, 0.25) is 0 Å². The summed E-state index contributed by atoms with van der Waals surface area (Å²) in [6, 6.07) is 0. The van der Waals surface area contributed by atoms with Crippen LogP contribution in [0.5, 0.6) is 0 Å². The molecule has 0 bridgehead atoms. The molecule has 5 nitrogen and oxygen atoms in total. The van der Waals surface area contributed by atoms with Gasteiger partial charge in [-0.15, -0.1) is 0 Å². The Bertz CT molecular complexity index is 576. The second kappa shape index (κ2) is 5.21. The van der Waals surface area contributed by atoms with E-state index in [1.165, 1.54) is 0 Å². The van der Waals surface area contributed by atoms with Crippen molar-refractivity contribution in [2.45, 2.75) is 26.7 Å². The standard InChI is InChI=1S/C12H16IN5/c1-4-5-9-10(13)11(14)16-12(15-9)8-6-18(3)17-7(8)2/h6H,4-5H2,1-3H3,(H2,14,15,16). The third-order valence-electron chi connectivity index (χ3n) is 2.69. The van der Waals surface area contributed by atoms with Crippen molar-refractivity contribution < 1.29 is 0 Å². The maximum absolute atomic E-state index is 5.96. The van der Waals surface area contributed by atoms with Gasteiger partial charge < -0.3 is 5.73 Å². The Morgan fingerprint density at radius 1 is 1.39 bits per heavy atom.